The summed E-state index contributed by atoms with van der Waals surface area (Å²) in [6.45, 7) is 5.41. The standard InChI is InChI=1S/C19H20N4OS/c1-14(18-21-8-13-25-18)22-9-11-23(12-10-22)19(24)16-6-7-20-17-5-3-2-4-15(16)17/h2-8,13-14H,9-12H2,1H3. The molecule has 0 radical (unpaired) electrons. The molecule has 2 aromatic heterocycles. The van der Waals surface area contributed by atoms with Gasteiger partial charge < -0.3 is 4.90 Å². The Kier molecular flexibility index (Phi) is 4.46. The monoisotopic (exact) mass is 352 g/mol. The molecular weight excluding hydrogens is 332 g/mol. The number of pyridine rings is 1. The summed E-state index contributed by atoms with van der Waals surface area (Å²) in [7, 11) is 0. The van der Waals surface area contributed by atoms with Crippen LogP contribution >= 0.6 is 11.3 Å². The molecule has 0 N–H and O–H groups in total. The number of hydrogen-bond acceptors (Lipinski definition) is 5. The molecule has 1 amide bonds. The van der Waals surface area contributed by atoms with E-state index in [0.29, 0.717) is 6.04 Å². The Morgan fingerprint density at radius 3 is 2.64 bits per heavy atom. The van der Waals surface area contributed by atoms with Gasteiger partial charge in [-0.05, 0) is 19.1 Å². The molecular formula is C19H20N4OS. The van der Waals surface area contributed by atoms with Crippen LogP contribution in [0.25, 0.3) is 10.9 Å². The number of hydrogen-bond donors (Lipinski definition) is 0. The highest BCUT2D eigenvalue weighted by Crippen LogP contribution is 2.24. The van der Waals surface area contributed by atoms with Crippen LogP contribution in [0.4, 0.5) is 0 Å². The second-order valence-electron chi connectivity index (χ2n) is 6.25. The van der Waals surface area contributed by atoms with Crippen molar-refractivity contribution in [2.24, 2.45) is 0 Å². The van der Waals surface area contributed by atoms with Gasteiger partial charge in [-0.25, -0.2) is 4.98 Å². The fourth-order valence-corrected chi connectivity index (χ4v) is 4.09. The summed E-state index contributed by atoms with van der Waals surface area (Å²) in [5.74, 6) is 0.0974. The molecule has 0 bridgehead atoms. The molecule has 0 aliphatic carbocycles. The van der Waals surface area contributed by atoms with Gasteiger partial charge in [0.05, 0.1) is 17.1 Å². The largest absolute Gasteiger partial charge is 0.336 e. The van der Waals surface area contributed by atoms with Gasteiger partial charge in [0.1, 0.15) is 5.01 Å². The molecule has 5 nitrogen and oxygen atoms in total. The van der Waals surface area contributed by atoms with Crippen molar-refractivity contribution in [3.63, 3.8) is 0 Å². The van der Waals surface area contributed by atoms with E-state index in [9.17, 15) is 4.79 Å². The highest BCUT2D eigenvalue weighted by molar-refractivity contribution is 7.09. The van der Waals surface area contributed by atoms with Gasteiger partial charge in [0, 0.05) is 49.3 Å². The van der Waals surface area contributed by atoms with E-state index >= 15 is 0 Å². The number of fused-ring (bicyclic) bond motifs is 1. The van der Waals surface area contributed by atoms with Crippen molar-refractivity contribution >= 4 is 28.1 Å². The van der Waals surface area contributed by atoms with Crippen LogP contribution in [0, 0.1) is 0 Å². The molecule has 3 aromatic rings. The minimum absolute atomic E-state index is 0.0974. The lowest BCUT2D eigenvalue weighted by Crippen LogP contribution is -2.49. The van der Waals surface area contributed by atoms with Crippen LogP contribution in [0.1, 0.15) is 28.3 Å². The lowest BCUT2D eigenvalue weighted by atomic mass is 10.1. The van der Waals surface area contributed by atoms with Crippen molar-refractivity contribution in [3.8, 4) is 0 Å². The molecule has 0 saturated carbocycles. The van der Waals surface area contributed by atoms with Crippen LogP contribution in [0.3, 0.4) is 0 Å². The average molecular weight is 352 g/mol. The number of para-hydroxylation sites is 1. The van der Waals surface area contributed by atoms with Crippen molar-refractivity contribution in [2.45, 2.75) is 13.0 Å². The van der Waals surface area contributed by atoms with E-state index in [0.717, 1.165) is 47.7 Å². The van der Waals surface area contributed by atoms with Crippen LogP contribution in [0.2, 0.25) is 0 Å². The maximum Gasteiger partial charge on any atom is 0.254 e. The van der Waals surface area contributed by atoms with Crippen molar-refractivity contribution in [1.29, 1.82) is 0 Å². The van der Waals surface area contributed by atoms with Crippen LogP contribution in [0.15, 0.2) is 48.1 Å². The third-order valence-electron chi connectivity index (χ3n) is 4.84. The molecule has 128 valence electrons. The third-order valence-corrected chi connectivity index (χ3v) is 5.78. The molecule has 1 aromatic carbocycles. The summed E-state index contributed by atoms with van der Waals surface area (Å²) < 4.78 is 0. The number of piperazine rings is 1. The zero-order chi connectivity index (χ0) is 17.2. The van der Waals surface area contributed by atoms with Gasteiger partial charge in [-0.2, -0.15) is 0 Å². The predicted molar refractivity (Wildman–Crippen MR) is 99.7 cm³/mol. The van der Waals surface area contributed by atoms with E-state index in [1.807, 2.05) is 46.8 Å². The number of rotatable bonds is 3. The quantitative estimate of drug-likeness (QED) is 0.726. The number of nitrogens with zero attached hydrogens (tertiary/aromatic N) is 4. The molecule has 1 aliphatic heterocycles. The molecule has 1 saturated heterocycles. The Hall–Kier alpha value is -2.31. The normalized spacial score (nSPS) is 16.9. The zero-order valence-corrected chi connectivity index (χ0v) is 14.9. The van der Waals surface area contributed by atoms with E-state index < -0.39 is 0 Å². The zero-order valence-electron chi connectivity index (χ0n) is 14.1. The number of benzene rings is 1. The fraction of sp³-hybridized carbons (Fsp3) is 0.316. The molecule has 0 spiro atoms. The lowest BCUT2D eigenvalue weighted by molar-refractivity contribution is 0.0583. The molecule has 1 fully saturated rings. The maximum atomic E-state index is 13.0. The molecule has 6 heteroatoms. The Morgan fingerprint density at radius 2 is 1.88 bits per heavy atom. The minimum atomic E-state index is 0.0974. The Balaban J connectivity index is 1.48. The molecule has 25 heavy (non-hydrogen) atoms. The SMILES string of the molecule is CC(c1nccs1)N1CCN(C(=O)c2ccnc3ccccc23)CC1. The summed E-state index contributed by atoms with van der Waals surface area (Å²) in [6, 6.07) is 9.95. The first kappa shape index (κ1) is 16.2. The van der Waals surface area contributed by atoms with Gasteiger partial charge in [0.2, 0.25) is 0 Å². The van der Waals surface area contributed by atoms with Gasteiger partial charge in [0.15, 0.2) is 0 Å². The summed E-state index contributed by atoms with van der Waals surface area (Å²) in [6.07, 6.45) is 3.57. The number of thiazole rings is 1. The van der Waals surface area contributed by atoms with Gasteiger partial charge in [-0.15, -0.1) is 11.3 Å². The van der Waals surface area contributed by atoms with Gasteiger partial charge >= 0.3 is 0 Å². The molecule has 1 unspecified atom stereocenters. The van der Waals surface area contributed by atoms with Crippen molar-refractivity contribution in [3.05, 3.63) is 58.7 Å². The summed E-state index contributed by atoms with van der Waals surface area (Å²) >= 11 is 1.69. The lowest BCUT2D eigenvalue weighted by Gasteiger charge is -2.37. The smallest absolute Gasteiger partial charge is 0.254 e. The predicted octanol–water partition coefficient (Wildman–Crippen LogP) is 3.21. The third kappa shape index (κ3) is 3.15. The molecule has 4 rings (SSSR count). The average Bonchev–Trinajstić information content (AvgIpc) is 3.21. The van der Waals surface area contributed by atoms with E-state index in [2.05, 4.69) is 21.8 Å². The van der Waals surface area contributed by atoms with Crippen LogP contribution in [-0.4, -0.2) is 51.9 Å². The number of amides is 1. The van der Waals surface area contributed by atoms with Crippen molar-refractivity contribution < 1.29 is 4.79 Å². The maximum absolute atomic E-state index is 13.0. The van der Waals surface area contributed by atoms with Gasteiger partial charge in [-0.3, -0.25) is 14.7 Å². The number of aromatic nitrogens is 2. The first-order valence-corrected chi connectivity index (χ1v) is 9.38. The summed E-state index contributed by atoms with van der Waals surface area (Å²) in [4.78, 5) is 26.1. The van der Waals surface area contributed by atoms with E-state index in [1.54, 1.807) is 17.5 Å². The Bertz CT molecular complexity index is 867. The second kappa shape index (κ2) is 6.90. The van der Waals surface area contributed by atoms with Gasteiger partial charge in [-0.1, -0.05) is 18.2 Å². The molecule has 3 heterocycles. The summed E-state index contributed by atoms with van der Waals surface area (Å²) in [5, 5.41) is 4.08. The Labute approximate surface area is 150 Å². The highest BCUT2D eigenvalue weighted by Gasteiger charge is 2.27. The van der Waals surface area contributed by atoms with Crippen molar-refractivity contribution in [1.82, 2.24) is 19.8 Å². The van der Waals surface area contributed by atoms with E-state index in [4.69, 9.17) is 0 Å². The molecule has 1 aliphatic rings. The first-order chi connectivity index (χ1) is 12.2. The van der Waals surface area contributed by atoms with Gasteiger partial charge in [0.25, 0.3) is 5.91 Å². The Morgan fingerprint density at radius 1 is 1.08 bits per heavy atom. The van der Waals surface area contributed by atoms with E-state index in [-0.39, 0.29) is 5.91 Å². The van der Waals surface area contributed by atoms with Crippen LogP contribution in [0.5, 0.6) is 0 Å². The second-order valence-corrected chi connectivity index (χ2v) is 7.18. The van der Waals surface area contributed by atoms with Crippen LogP contribution in [-0.2, 0) is 0 Å². The van der Waals surface area contributed by atoms with Crippen LogP contribution < -0.4 is 0 Å². The number of carbonyl (C=O) groups is 1. The topological polar surface area (TPSA) is 49.3 Å². The van der Waals surface area contributed by atoms with E-state index in [1.165, 1.54) is 0 Å². The summed E-state index contributed by atoms with van der Waals surface area (Å²) in [5.41, 5.74) is 1.61. The van der Waals surface area contributed by atoms with Crippen molar-refractivity contribution in [2.75, 3.05) is 26.2 Å². The molecule has 1 atom stereocenters. The minimum Gasteiger partial charge on any atom is -0.336 e. The first-order valence-electron chi connectivity index (χ1n) is 8.50. The number of carbonyl (C=O) groups excluding carboxylic acids is 1. The fourth-order valence-electron chi connectivity index (χ4n) is 3.36. The highest BCUT2D eigenvalue weighted by atomic mass is 32.1.